The van der Waals surface area contributed by atoms with Crippen LogP contribution < -0.4 is 10.2 Å². The van der Waals surface area contributed by atoms with Gasteiger partial charge in [-0.1, -0.05) is 0 Å². The van der Waals surface area contributed by atoms with Crippen LogP contribution in [0.15, 0.2) is 24.3 Å². The number of hydrogen-bond acceptors (Lipinski definition) is 2. The molecular weight excluding hydrogens is 270 g/mol. The van der Waals surface area contributed by atoms with Crippen molar-refractivity contribution in [3.05, 3.63) is 29.8 Å². The van der Waals surface area contributed by atoms with E-state index >= 15 is 0 Å². The van der Waals surface area contributed by atoms with E-state index in [0.717, 1.165) is 42.5 Å². The van der Waals surface area contributed by atoms with Crippen LogP contribution in [0, 0.1) is 0 Å². The van der Waals surface area contributed by atoms with Gasteiger partial charge in [0.25, 0.3) is 0 Å². The highest BCUT2D eigenvalue weighted by Gasteiger charge is 2.20. The van der Waals surface area contributed by atoms with Gasteiger partial charge in [-0.15, -0.1) is 0 Å². The highest BCUT2D eigenvalue weighted by molar-refractivity contribution is 7.80. The van der Waals surface area contributed by atoms with Gasteiger partial charge < -0.3 is 15.1 Å². The summed E-state index contributed by atoms with van der Waals surface area (Å²) in [5.74, 6) is 0.0813. The molecule has 0 saturated carbocycles. The summed E-state index contributed by atoms with van der Waals surface area (Å²) in [6.07, 6.45) is 0. The third-order valence-electron chi connectivity index (χ3n) is 3.80. The number of likely N-dealkylation sites (N-methyl/N-ethyl adjacent to an activating group) is 1. The van der Waals surface area contributed by atoms with Crippen LogP contribution >= 0.6 is 12.2 Å². The molecule has 0 aromatic heterocycles. The zero-order chi connectivity index (χ0) is 14.5. The lowest BCUT2D eigenvalue weighted by molar-refractivity contribution is -0.902. The first kappa shape index (κ1) is 14.9. The van der Waals surface area contributed by atoms with E-state index in [9.17, 15) is 4.79 Å². The van der Waals surface area contributed by atoms with E-state index in [-0.39, 0.29) is 5.78 Å². The lowest BCUT2D eigenvalue weighted by Gasteiger charge is -2.33. The minimum atomic E-state index is 0.0813. The molecule has 108 valence electrons. The minimum Gasteiger partial charge on any atom is -0.338 e. The number of anilines is 1. The van der Waals surface area contributed by atoms with Gasteiger partial charge in [0.05, 0.1) is 32.7 Å². The van der Waals surface area contributed by atoms with Crippen molar-refractivity contribution in [1.29, 1.82) is 0 Å². The third kappa shape index (κ3) is 3.77. The van der Waals surface area contributed by atoms with E-state index in [0.29, 0.717) is 0 Å². The number of nitrogens with one attached hydrogen (secondary N) is 2. The summed E-state index contributed by atoms with van der Waals surface area (Å²) in [7, 11) is 0. The van der Waals surface area contributed by atoms with Gasteiger partial charge in [0.1, 0.15) is 0 Å². The van der Waals surface area contributed by atoms with Crippen LogP contribution in [0.4, 0.5) is 5.69 Å². The first-order chi connectivity index (χ1) is 9.60. The quantitative estimate of drug-likeness (QED) is 0.638. The number of hydrogen-bond donors (Lipinski definition) is 2. The molecule has 0 unspecified atom stereocenters. The lowest BCUT2D eigenvalue weighted by atomic mass is 10.1. The second-order valence-corrected chi connectivity index (χ2v) is 5.54. The Morgan fingerprint density at radius 3 is 2.40 bits per heavy atom. The molecule has 20 heavy (non-hydrogen) atoms. The molecule has 0 bridgehead atoms. The number of rotatable bonds is 3. The van der Waals surface area contributed by atoms with Gasteiger partial charge in [-0.3, -0.25) is 4.79 Å². The number of quaternary nitrogens is 1. The van der Waals surface area contributed by atoms with E-state index in [1.54, 1.807) is 11.8 Å². The predicted octanol–water partition coefficient (Wildman–Crippen LogP) is 0.806. The number of Topliss-reactive ketones (excluding diaryl/α,β-unsaturated/α-hetero) is 1. The Labute approximate surface area is 125 Å². The van der Waals surface area contributed by atoms with Gasteiger partial charge in [0.15, 0.2) is 10.9 Å². The maximum absolute atomic E-state index is 11.2. The predicted molar refractivity (Wildman–Crippen MR) is 85.5 cm³/mol. The number of carbonyl (C=O) groups is 1. The van der Waals surface area contributed by atoms with Gasteiger partial charge in [0, 0.05) is 11.3 Å². The fourth-order valence-electron chi connectivity index (χ4n) is 2.37. The zero-order valence-corrected chi connectivity index (χ0v) is 12.9. The molecule has 5 heteroatoms. The second kappa shape index (κ2) is 6.81. The zero-order valence-electron chi connectivity index (χ0n) is 12.1. The van der Waals surface area contributed by atoms with Crippen molar-refractivity contribution in [2.75, 3.05) is 38.0 Å². The molecule has 2 rings (SSSR count). The molecule has 0 amide bonds. The number of benzene rings is 1. The summed E-state index contributed by atoms with van der Waals surface area (Å²) in [6.45, 7) is 9.26. The Kier molecular flexibility index (Phi) is 5.09. The smallest absolute Gasteiger partial charge is 0.173 e. The molecule has 1 aliphatic heterocycles. The summed E-state index contributed by atoms with van der Waals surface area (Å²) in [5.41, 5.74) is 1.66. The summed E-state index contributed by atoms with van der Waals surface area (Å²) in [4.78, 5) is 15.1. The Morgan fingerprint density at radius 1 is 1.30 bits per heavy atom. The molecule has 1 aliphatic rings. The first-order valence-electron chi connectivity index (χ1n) is 7.10. The summed E-state index contributed by atoms with van der Waals surface area (Å²) in [5, 5.41) is 4.02. The van der Waals surface area contributed by atoms with Crippen molar-refractivity contribution in [3.63, 3.8) is 0 Å². The Hall–Kier alpha value is -1.46. The maximum Gasteiger partial charge on any atom is 0.173 e. The average molecular weight is 292 g/mol. The summed E-state index contributed by atoms with van der Waals surface area (Å²) < 4.78 is 0. The normalized spacial score (nSPS) is 16.0. The molecule has 0 spiro atoms. The number of thiocarbonyl (C=S) groups is 1. The number of ketones is 1. The SMILES string of the molecule is CC[NH+]1CCN(C(=S)Nc2ccc(C(C)=O)cc2)CC1. The van der Waals surface area contributed by atoms with Gasteiger partial charge in [-0.25, -0.2) is 0 Å². The van der Waals surface area contributed by atoms with Gasteiger partial charge in [-0.05, 0) is 50.3 Å². The summed E-state index contributed by atoms with van der Waals surface area (Å²) >= 11 is 5.45. The largest absolute Gasteiger partial charge is 0.338 e. The van der Waals surface area contributed by atoms with Crippen LogP contribution in [-0.2, 0) is 0 Å². The van der Waals surface area contributed by atoms with Crippen molar-refractivity contribution >= 4 is 28.8 Å². The average Bonchev–Trinajstić information content (AvgIpc) is 2.48. The molecular formula is C15H22N3OS+. The number of nitrogens with zero attached hydrogens (tertiary/aromatic N) is 1. The molecule has 0 radical (unpaired) electrons. The molecule has 1 aromatic carbocycles. The number of carbonyl (C=O) groups excluding carboxylic acids is 1. The van der Waals surface area contributed by atoms with Crippen LogP contribution in [0.2, 0.25) is 0 Å². The molecule has 1 heterocycles. The molecule has 0 aliphatic carbocycles. The fourth-order valence-corrected chi connectivity index (χ4v) is 2.67. The highest BCUT2D eigenvalue weighted by atomic mass is 32.1. The van der Waals surface area contributed by atoms with E-state index in [2.05, 4.69) is 17.1 Å². The van der Waals surface area contributed by atoms with Crippen molar-refractivity contribution in [2.45, 2.75) is 13.8 Å². The minimum absolute atomic E-state index is 0.0813. The monoisotopic (exact) mass is 292 g/mol. The molecule has 2 N–H and O–H groups in total. The van der Waals surface area contributed by atoms with Crippen LogP contribution in [0.3, 0.4) is 0 Å². The Balaban J connectivity index is 1.90. The van der Waals surface area contributed by atoms with Crippen molar-refractivity contribution < 1.29 is 9.69 Å². The Morgan fingerprint density at radius 2 is 1.90 bits per heavy atom. The van der Waals surface area contributed by atoms with Crippen LogP contribution in [0.5, 0.6) is 0 Å². The number of piperazine rings is 1. The highest BCUT2D eigenvalue weighted by Crippen LogP contribution is 2.11. The Bertz CT molecular complexity index is 478. The third-order valence-corrected chi connectivity index (χ3v) is 4.16. The molecule has 0 atom stereocenters. The first-order valence-corrected chi connectivity index (χ1v) is 7.51. The fraction of sp³-hybridized carbons (Fsp3) is 0.467. The van der Waals surface area contributed by atoms with E-state index < -0.39 is 0 Å². The van der Waals surface area contributed by atoms with Crippen LogP contribution in [-0.4, -0.2) is 48.5 Å². The van der Waals surface area contributed by atoms with Crippen molar-refractivity contribution in [1.82, 2.24) is 4.90 Å². The van der Waals surface area contributed by atoms with Crippen LogP contribution in [0.1, 0.15) is 24.2 Å². The van der Waals surface area contributed by atoms with E-state index in [4.69, 9.17) is 12.2 Å². The standard InChI is InChI=1S/C15H21N3OS/c1-3-17-8-10-18(11-9-17)15(20)16-14-6-4-13(5-7-14)12(2)19/h4-7H,3,8-11H2,1-2H3,(H,16,20)/p+1. The van der Waals surface area contributed by atoms with Gasteiger partial charge in [-0.2, -0.15) is 0 Å². The van der Waals surface area contributed by atoms with E-state index in [1.807, 2.05) is 24.3 Å². The van der Waals surface area contributed by atoms with Crippen molar-refractivity contribution in [3.8, 4) is 0 Å². The maximum atomic E-state index is 11.2. The van der Waals surface area contributed by atoms with Crippen LogP contribution in [0.25, 0.3) is 0 Å². The molecule has 4 nitrogen and oxygen atoms in total. The molecule has 1 fully saturated rings. The molecule has 1 aromatic rings. The van der Waals surface area contributed by atoms with E-state index in [1.165, 1.54) is 6.54 Å². The lowest BCUT2D eigenvalue weighted by Crippen LogP contribution is -3.14. The molecule has 1 saturated heterocycles. The van der Waals surface area contributed by atoms with Gasteiger partial charge in [0.2, 0.25) is 0 Å². The second-order valence-electron chi connectivity index (χ2n) is 5.15. The van der Waals surface area contributed by atoms with Crippen molar-refractivity contribution in [2.24, 2.45) is 0 Å². The van der Waals surface area contributed by atoms with Gasteiger partial charge >= 0.3 is 0 Å². The summed E-state index contributed by atoms with van der Waals surface area (Å²) in [6, 6.07) is 7.45. The topological polar surface area (TPSA) is 36.8 Å².